The van der Waals surface area contributed by atoms with Crippen LogP contribution in [0.25, 0.3) is 77.2 Å². The molecule has 354 valence electrons. The number of aromatic nitrogens is 3. The van der Waals surface area contributed by atoms with Gasteiger partial charge < -0.3 is 9.80 Å². The number of fused-ring (bicyclic) bond motifs is 4. The third-order valence-electron chi connectivity index (χ3n) is 13.5. The zero-order valence-electron chi connectivity index (χ0n) is 40.3. The molecule has 10 heteroatoms. The molecular weight excluding hydrogens is 969 g/mol. The average molecular weight is 1010 g/mol. The zero-order valence-corrected chi connectivity index (χ0v) is 42.0. The maximum absolute atomic E-state index is 9.87. The molecule has 8 nitrogen and oxygen atoms in total. The molecule has 0 radical (unpaired) electrons. The molecule has 0 atom stereocenters. The van der Waals surface area contributed by atoms with Crippen molar-refractivity contribution < 1.29 is 0 Å². The molecule has 0 unspecified atom stereocenters. The van der Waals surface area contributed by atoms with Crippen molar-refractivity contribution in [2.45, 2.75) is 19.6 Å². The fraction of sp³-hybridized carbons (Fsp3) is 0. The summed E-state index contributed by atoms with van der Waals surface area (Å²) < 4.78 is 0. The van der Waals surface area contributed by atoms with Crippen LogP contribution in [0.3, 0.4) is 0 Å². The highest BCUT2D eigenvalue weighted by molar-refractivity contribution is 8.00. The lowest BCUT2D eigenvalue weighted by atomic mass is 9.98. The van der Waals surface area contributed by atoms with Crippen molar-refractivity contribution in [3.8, 4) is 73.6 Å². The van der Waals surface area contributed by atoms with Gasteiger partial charge in [0.15, 0.2) is 28.8 Å². The van der Waals surface area contributed by atoms with Crippen LogP contribution in [0.2, 0.25) is 0 Å². The van der Waals surface area contributed by atoms with Gasteiger partial charge in [-0.15, -0.1) is 0 Å². The van der Waals surface area contributed by atoms with E-state index < -0.39 is 0 Å². The van der Waals surface area contributed by atoms with Gasteiger partial charge in [0.2, 0.25) is 0 Å². The minimum atomic E-state index is 0.455. The van der Waals surface area contributed by atoms with Gasteiger partial charge in [-0.3, -0.25) is 0 Å². The van der Waals surface area contributed by atoms with E-state index in [0.717, 1.165) is 104 Å². The number of anilines is 6. The van der Waals surface area contributed by atoms with Crippen LogP contribution in [-0.4, -0.2) is 15.0 Å². The Hall–Kier alpha value is -10.0. The fourth-order valence-electron chi connectivity index (χ4n) is 9.96. The summed E-state index contributed by atoms with van der Waals surface area (Å²) in [7, 11) is 0. The van der Waals surface area contributed by atoms with Crippen LogP contribution in [-0.2, 0) is 0 Å². The van der Waals surface area contributed by atoms with Gasteiger partial charge in [-0.2, -0.15) is 5.26 Å². The van der Waals surface area contributed by atoms with Crippen molar-refractivity contribution in [2.75, 3.05) is 9.80 Å². The smallest absolute Gasteiger partial charge is 0.187 e. The summed E-state index contributed by atoms with van der Waals surface area (Å²) in [5, 5.41) is 9.87. The van der Waals surface area contributed by atoms with Gasteiger partial charge in [-0.1, -0.05) is 151 Å². The second-order valence-corrected chi connectivity index (χ2v) is 20.3. The van der Waals surface area contributed by atoms with Crippen LogP contribution in [0.4, 0.5) is 45.5 Å². The quantitative estimate of drug-likeness (QED) is 0.139. The molecule has 0 saturated heterocycles. The number of para-hydroxylation sites is 4. The molecule has 2 aliphatic heterocycles. The molecule has 11 aromatic rings. The van der Waals surface area contributed by atoms with Crippen LogP contribution in [0.15, 0.2) is 250 Å². The van der Waals surface area contributed by atoms with Crippen LogP contribution in [0.1, 0.15) is 5.56 Å². The molecule has 0 aliphatic carbocycles. The number of rotatable bonds is 8. The monoisotopic (exact) mass is 1010 g/mol. The van der Waals surface area contributed by atoms with Crippen LogP contribution >= 0.6 is 23.5 Å². The van der Waals surface area contributed by atoms with E-state index in [1.54, 1.807) is 23.5 Å². The average Bonchev–Trinajstić information content (AvgIpc) is 3.54. The van der Waals surface area contributed by atoms with E-state index in [4.69, 9.17) is 28.1 Å². The Labute approximate surface area is 448 Å². The van der Waals surface area contributed by atoms with Gasteiger partial charge in [0.1, 0.15) is 0 Å². The van der Waals surface area contributed by atoms with Crippen molar-refractivity contribution in [2.24, 2.45) is 0 Å². The van der Waals surface area contributed by atoms with Crippen LogP contribution in [0, 0.1) is 24.5 Å². The van der Waals surface area contributed by atoms with Crippen molar-refractivity contribution in [1.82, 2.24) is 15.0 Å². The first kappa shape index (κ1) is 45.8. The van der Waals surface area contributed by atoms with E-state index in [1.165, 1.54) is 0 Å². The maximum Gasteiger partial charge on any atom is 0.187 e. The summed E-state index contributed by atoms with van der Waals surface area (Å²) in [5.41, 5.74) is 15.2. The largest absolute Gasteiger partial charge is 0.307 e. The third kappa shape index (κ3) is 8.38. The van der Waals surface area contributed by atoms with Gasteiger partial charge in [-0.25, -0.2) is 24.6 Å². The fourth-order valence-corrected chi connectivity index (χ4v) is 12.1. The van der Waals surface area contributed by atoms with E-state index in [1.807, 2.05) is 91.0 Å². The summed E-state index contributed by atoms with van der Waals surface area (Å²) in [6.45, 7) is 15.7. The minimum Gasteiger partial charge on any atom is -0.307 e. The van der Waals surface area contributed by atoms with Gasteiger partial charge in [-0.05, 0) is 137 Å². The van der Waals surface area contributed by atoms with Crippen molar-refractivity contribution in [3.63, 3.8) is 0 Å². The number of hydrogen-bond acceptors (Lipinski definition) is 8. The summed E-state index contributed by atoms with van der Waals surface area (Å²) >= 11 is 3.48. The Balaban J connectivity index is 1.10. The highest BCUT2D eigenvalue weighted by Crippen LogP contribution is 2.55. The lowest BCUT2D eigenvalue weighted by Crippen LogP contribution is -2.17. The summed E-state index contributed by atoms with van der Waals surface area (Å²) in [5.74, 6) is 1.37. The zero-order chi connectivity index (χ0) is 51.1. The molecule has 0 saturated carbocycles. The molecule has 1 aromatic heterocycles. The standard InChI is InChI=1S/C66H38N8S2/c1-68-50-21-13-18-45(37-50)47-31-33-52(58(39-47)73-54-23-3-7-27-60(54)75-61-28-8-4-24-55(61)73)65-70-64(49-20-12-17-44(36-49)43-16-11-15-42(35-43)41-67)71-66(72-65)53-34-32-48(46-19-14-22-51(38-46)69-2)40-59(53)74-56-25-5-9-29-62(56)76-63-30-10-6-26-57(63)74/h3-40H. The van der Waals surface area contributed by atoms with Gasteiger partial charge in [0.25, 0.3) is 0 Å². The number of nitriles is 1. The maximum atomic E-state index is 9.87. The Morgan fingerprint density at radius 1 is 0.342 bits per heavy atom. The van der Waals surface area contributed by atoms with Gasteiger partial charge in [0.05, 0.1) is 58.9 Å². The number of benzene rings is 10. The second kappa shape index (κ2) is 19.4. The first-order valence-electron chi connectivity index (χ1n) is 24.4. The lowest BCUT2D eigenvalue weighted by Gasteiger charge is -2.34. The predicted molar refractivity (Wildman–Crippen MR) is 307 cm³/mol. The summed E-state index contributed by atoms with van der Waals surface area (Å²) in [6.07, 6.45) is 0. The first-order chi connectivity index (χ1) is 37.5. The van der Waals surface area contributed by atoms with E-state index in [-0.39, 0.29) is 0 Å². The Kier molecular flexibility index (Phi) is 11.7. The van der Waals surface area contributed by atoms with Gasteiger partial charge in [0, 0.05) is 36.3 Å². The number of nitrogens with zero attached hydrogens (tertiary/aromatic N) is 8. The summed E-state index contributed by atoms with van der Waals surface area (Å²) in [4.78, 5) is 33.1. The van der Waals surface area contributed by atoms with Crippen molar-refractivity contribution in [3.05, 3.63) is 259 Å². The topological polar surface area (TPSA) is 77.7 Å². The molecule has 2 aliphatic rings. The van der Waals surface area contributed by atoms with Gasteiger partial charge >= 0.3 is 0 Å². The van der Waals surface area contributed by atoms with Crippen molar-refractivity contribution in [1.29, 1.82) is 5.26 Å². The highest BCUT2D eigenvalue weighted by atomic mass is 32.2. The molecule has 76 heavy (non-hydrogen) atoms. The number of hydrogen-bond donors (Lipinski definition) is 0. The second-order valence-electron chi connectivity index (χ2n) is 18.1. The van der Waals surface area contributed by atoms with E-state index in [0.29, 0.717) is 34.4 Å². The molecule has 0 fully saturated rings. The van der Waals surface area contributed by atoms with E-state index in [9.17, 15) is 5.26 Å². The van der Waals surface area contributed by atoms with Crippen LogP contribution in [0.5, 0.6) is 0 Å². The molecule has 0 spiro atoms. The molecule has 0 amide bonds. The Bertz CT molecular complexity index is 3970. The minimum absolute atomic E-state index is 0.455. The molecular formula is C66H38N8S2. The normalized spacial score (nSPS) is 12.0. The van der Waals surface area contributed by atoms with Crippen molar-refractivity contribution >= 4 is 69.0 Å². The highest BCUT2D eigenvalue weighted by Gasteiger charge is 2.31. The van der Waals surface area contributed by atoms with E-state index >= 15 is 0 Å². The first-order valence-corrected chi connectivity index (χ1v) is 26.1. The third-order valence-corrected chi connectivity index (χ3v) is 15.8. The Morgan fingerprint density at radius 2 is 0.711 bits per heavy atom. The predicted octanol–water partition coefficient (Wildman–Crippen LogP) is 18.7. The lowest BCUT2D eigenvalue weighted by molar-refractivity contribution is 1.07. The van der Waals surface area contributed by atoms with E-state index in [2.05, 4.69) is 165 Å². The SMILES string of the molecule is [C-]#[N+]c1cccc(-c2ccc(-c3nc(-c4cccc(-c5cccc(C#N)c5)c4)nc(-c4ccc(-c5cccc([N+]#[C-])c5)cc4N4c5ccccc5Sc5ccccc54)n3)c(N3c4ccccc4Sc4ccccc43)c2)c1. The van der Waals surface area contributed by atoms with Crippen LogP contribution < -0.4 is 9.80 Å². The molecule has 0 N–H and O–H groups in total. The molecule has 0 bridgehead atoms. The Morgan fingerprint density at radius 3 is 1.16 bits per heavy atom. The summed E-state index contributed by atoms with van der Waals surface area (Å²) in [6, 6.07) is 80.0. The molecule has 13 rings (SSSR count). The molecule has 3 heterocycles. The molecule has 10 aromatic carbocycles.